The van der Waals surface area contributed by atoms with Crippen molar-refractivity contribution in [2.75, 3.05) is 0 Å². The largest absolute Gasteiger partial charge is 0.369 e. The number of aromatic nitrogens is 3. The fourth-order valence-electron chi connectivity index (χ4n) is 3.52. The van der Waals surface area contributed by atoms with Gasteiger partial charge in [0.05, 0.1) is 26.5 Å². The lowest BCUT2D eigenvalue weighted by atomic mass is 10.1. The summed E-state index contributed by atoms with van der Waals surface area (Å²) in [4.78, 5) is 0. The van der Waals surface area contributed by atoms with Crippen LogP contribution in [0.2, 0.25) is 0 Å². The minimum atomic E-state index is 1.12. The monoisotopic (exact) mass is 278 g/mol. The number of aryl methyl sites for hydroxylation is 3. The average Bonchev–Trinajstić information content (AvgIpc) is 2.98. The van der Waals surface area contributed by atoms with Crippen LogP contribution in [0.1, 0.15) is 18.4 Å². The Kier molecular flexibility index (Phi) is 2.58. The van der Waals surface area contributed by atoms with Crippen molar-refractivity contribution < 1.29 is 4.57 Å². The maximum atomic E-state index is 2.41. The van der Waals surface area contributed by atoms with Crippen LogP contribution in [-0.4, -0.2) is 9.13 Å². The van der Waals surface area contributed by atoms with Gasteiger partial charge in [0.15, 0.2) is 0 Å². The van der Waals surface area contributed by atoms with Crippen LogP contribution in [-0.2, 0) is 14.1 Å². The number of hydrogen-bond donors (Lipinski definition) is 0. The zero-order chi connectivity index (χ0) is 14.6. The zero-order valence-corrected chi connectivity index (χ0v) is 12.8. The van der Waals surface area contributed by atoms with Gasteiger partial charge in [0, 0.05) is 10.6 Å². The summed E-state index contributed by atoms with van der Waals surface area (Å²) in [7, 11) is 4.22. The molecule has 0 saturated carbocycles. The molecule has 106 valence electrons. The van der Waals surface area contributed by atoms with Gasteiger partial charge in [0.25, 0.3) is 0 Å². The Morgan fingerprint density at radius 2 is 1.95 bits per heavy atom. The second kappa shape index (κ2) is 4.35. The number of hydrogen-bond acceptors (Lipinski definition) is 0. The molecule has 1 aliphatic rings. The molecule has 2 heterocycles. The van der Waals surface area contributed by atoms with Crippen LogP contribution in [0.5, 0.6) is 0 Å². The van der Waals surface area contributed by atoms with Gasteiger partial charge in [0.2, 0.25) is 0 Å². The van der Waals surface area contributed by atoms with Crippen molar-refractivity contribution in [3.05, 3.63) is 46.7 Å². The van der Waals surface area contributed by atoms with Gasteiger partial charge in [-0.15, -0.1) is 0 Å². The highest BCUT2D eigenvalue weighted by Gasteiger charge is 2.22. The Labute approximate surface area is 124 Å². The summed E-state index contributed by atoms with van der Waals surface area (Å²) in [5.74, 6) is 1.20. The molecule has 1 aliphatic carbocycles. The molecule has 0 fully saturated rings. The molecule has 0 bridgehead atoms. The first-order valence-electron chi connectivity index (χ1n) is 7.50. The highest BCUT2D eigenvalue weighted by molar-refractivity contribution is 5.86. The Hall–Kier alpha value is -2.29. The van der Waals surface area contributed by atoms with Crippen LogP contribution in [0.4, 0.5) is 0 Å². The molecule has 0 amide bonds. The summed E-state index contributed by atoms with van der Waals surface area (Å²) >= 11 is 0. The van der Waals surface area contributed by atoms with Crippen LogP contribution in [0.25, 0.3) is 29.0 Å². The summed E-state index contributed by atoms with van der Waals surface area (Å²) in [6.45, 7) is 2.20. The molecule has 0 N–H and O–H groups in total. The Morgan fingerprint density at radius 3 is 2.71 bits per heavy atom. The van der Waals surface area contributed by atoms with Crippen molar-refractivity contribution in [3.63, 3.8) is 0 Å². The van der Waals surface area contributed by atoms with Crippen molar-refractivity contribution in [2.45, 2.75) is 19.8 Å². The highest BCUT2D eigenvalue weighted by atomic mass is 15.3. The Balaban J connectivity index is 2.30. The third-order valence-corrected chi connectivity index (χ3v) is 4.47. The molecule has 0 aliphatic heterocycles. The zero-order valence-electron chi connectivity index (χ0n) is 12.8. The first kappa shape index (κ1) is 12.5. The fraction of sp³-hybridized carbons (Fsp3) is 0.278. The number of fused-ring (bicyclic) bond motifs is 3. The second-order valence-electron chi connectivity index (χ2n) is 5.91. The van der Waals surface area contributed by atoms with Gasteiger partial charge in [-0.3, -0.25) is 0 Å². The fourth-order valence-corrected chi connectivity index (χ4v) is 3.52. The van der Waals surface area contributed by atoms with E-state index in [9.17, 15) is 0 Å². The van der Waals surface area contributed by atoms with Crippen LogP contribution in [0.15, 0.2) is 30.6 Å². The van der Waals surface area contributed by atoms with Gasteiger partial charge in [-0.2, -0.15) is 4.57 Å². The molecule has 0 unspecified atom stereocenters. The van der Waals surface area contributed by atoms with Gasteiger partial charge >= 0.3 is 5.95 Å². The third-order valence-electron chi connectivity index (χ3n) is 4.47. The quantitative estimate of drug-likeness (QED) is 0.598. The van der Waals surface area contributed by atoms with E-state index in [-0.39, 0.29) is 0 Å². The Bertz CT molecular complexity index is 951. The van der Waals surface area contributed by atoms with Crippen molar-refractivity contribution in [1.29, 1.82) is 0 Å². The van der Waals surface area contributed by atoms with Gasteiger partial charge in [0.1, 0.15) is 10.9 Å². The summed E-state index contributed by atoms with van der Waals surface area (Å²) in [6.07, 6.45) is 11.2. The minimum Gasteiger partial charge on any atom is -0.237 e. The predicted octanol–water partition coefficient (Wildman–Crippen LogP) is 1.46. The predicted molar refractivity (Wildman–Crippen MR) is 85.6 cm³/mol. The van der Waals surface area contributed by atoms with Crippen LogP contribution >= 0.6 is 0 Å². The lowest BCUT2D eigenvalue weighted by Gasteiger charge is -2.04. The molecule has 3 nitrogen and oxygen atoms in total. The number of nitrogens with zero attached hydrogens (tertiary/aromatic N) is 3. The van der Waals surface area contributed by atoms with Gasteiger partial charge < -0.3 is 0 Å². The summed E-state index contributed by atoms with van der Waals surface area (Å²) in [5, 5.41) is 4.09. The van der Waals surface area contributed by atoms with Crippen molar-refractivity contribution in [1.82, 2.24) is 9.13 Å². The first-order chi connectivity index (χ1) is 10.2. The Morgan fingerprint density at radius 1 is 1.14 bits per heavy atom. The maximum Gasteiger partial charge on any atom is 0.369 e. The van der Waals surface area contributed by atoms with E-state index in [1.165, 1.54) is 33.0 Å². The molecule has 3 aromatic rings. The molecule has 0 radical (unpaired) electrons. The van der Waals surface area contributed by atoms with E-state index in [4.69, 9.17) is 0 Å². The molecular formula is C18H20N3+. The number of imidazole rings is 1. The topological polar surface area (TPSA) is 13.7 Å². The summed E-state index contributed by atoms with van der Waals surface area (Å²) < 4.78 is 6.79. The molecule has 4 rings (SSSR count). The average molecular weight is 278 g/mol. The smallest absolute Gasteiger partial charge is 0.237 e. The van der Waals surface area contributed by atoms with Crippen LogP contribution in [0, 0.1) is 6.92 Å². The van der Waals surface area contributed by atoms with Crippen molar-refractivity contribution in [2.24, 2.45) is 14.1 Å². The lowest BCUT2D eigenvalue weighted by Crippen LogP contribution is -2.39. The normalized spacial score (nSPS) is 13.9. The molecule has 0 saturated heterocycles. The molecule has 21 heavy (non-hydrogen) atoms. The van der Waals surface area contributed by atoms with Crippen LogP contribution < -0.4 is 15.1 Å². The maximum absolute atomic E-state index is 2.41. The minimum absolute atomic E-state index is 1.12. The van der Waals surface area contributed by atoms with E-state index in [0.29, 0.717) is 0 Å². The third kappa shape index (κ3) is 1.63. The van der Waals surface area contributed by atoms with E-state index in [1.54, 1.807) is 0 Å². The number of benzene rings is 1. The van der Waals surface area contributed by atoms with Gasteiger partial charge in [-0.05, 0) is 31.4 Å². The standard InChI is InChI=1S/C18H20N3/c1-13-7-6-9-15-14-8-4-5-10-16(14)21(17(13)15)18-19(2)11-12-20(18)3/h6-12H,4-5H2,1-3H3/q+1. The lowest BCUT2D eigenvalue weighted by molar-refractivity contribution is -0.665. The molecular weight excluding hydrogens is 258 g/mol. The van der Waals surface area contributed by atoms with E-state index in [1.807, 2.05) is 0 Å². The van der Waals surface area contributed by atoms with E-state index < -0.39 is 0 Å². The van der Waals surface area contributed by atoms with E-state index >= 15 is 0 Å². The number of rotatable bonds is 1. The molecule has 0 atom stereocenters. The number of para-hydroxylation sites is 1. The highest BCUT2D eigenvalue weighted by Crippen LogP contribution is 2.18. The van der Waals surface area contributed by atoms with Crippen molar-refractivity contribution >= 4 is 23.1 Å². The van der Waals surface area contributed by atoms with Gasteiger partial charge in [-0.25, -0.2) is 9.13 Å². The van der Waals surface area contributed by atoms with E-state index in [2.05, 4.69) is 77.5 Å². The van der Waals surface area contributed by atoms with Crippen LogP contribution in [0.3, 0.4) is 0 Å². The molecule has 1 aromatic carbocycles. The van der Waals surface area contributed by atoms with Crippen molar-refractivity contribution in [3.8, 4) is 5.95 Å². The SMILES string of the molecule is Cc1cccc2c3c(n(-c4n(C)cc[n+]4C)c12)=CCCC=3. The summed E-state index contributed by atoms with van der Waals surface area (Å²) in [6, 6.07) is 6.61. The molecule has 0 spiro atoms. The second-order valence-corrected chi connectivity index (χ2v) is 5.91. The molecule has 2 aromatic heterocycles. The summed E-state index contributed by atoms with van der Waals surface area (Å²) in [5.41, 5.74) is 2.65. The molecule has 3 heteroatoms. The van der Waals surface area contributed by atoms with Gasteiger partial charge in [-0.1, -0.05) is 24.3 Å². The first-order valence-corrected chi connectivity index (χ1v) is 7.50. The van der Waals surface area contributed by atoms with E-state index in [0.717, 1.165) is 12.8 Å².